The topological polar surface area (TPSA) is 110 Å². The maximum Gasteiger partial charge on any atom is 0.275 e. The van der Waals surface area contributed by atoms with Gasteiger partial charge in [0.2, 0.25) is 0 Å². The highest BCUT2D eigenvalue weighted by Crippen LogP contribution is 2.16. The third-order valence-corrected chi connectivity index (χ3v) is 4.23. The van der Waals surface area contributed by atoms with Crippen LogP contribution in [-0.2, 0) is 0 Å². The largest absolute Gasteiger partial charge is 0.321 e. The Hall–Kier alpha value is -3.88. The molecule has 4 aromatic rings. The molecule has 0 radical (unpaired) electrons. The molecular formula is C22H16Cl2N6O2. The van der Waals surface area contributed by atoms with Gasteiger partial charge in [-0.3, -0.25) is 19.6 Å². The van der Waals surface area contributed by atoms with Gasteiger partial charge in [-0.15, -0.1) is 0 Å². The van der Waals surface area contributed by atoms with E-state index in [1.54, 1.807) is 48.5 Å². The molecule has 2 aromatic heterocycles. The lowest BCUT2D eigenvalue weighted by Crippen LogP contribution is -2.13. The molecule has 0 unspecified atom stereocenters. The number of hydrogen-bond donors (Lipinski definition) is 2. The molecule has 0 aliphatic carbocycles. The lowest BCUT2D eigenvalue weighted by atomic mass is 10.3. The minimum Gasteiger partial charge on any atom is -0.321 e. The second-order valence-corrected chi connectivity index (χ2v) is 6.98. The first kappa shape index (κ1) is 22.8. The Morgan fingerprint density at radius 1 is 0.656 bits per heavy atom. The van der Waals surface area contributed by atoms with E-state index in [1.807, 2.05) is 0 Å². The molecule has 0 spiro atoms. The van der Waals surface area contributed by atoms with Gasteiger partial charge in [-0.05, 0) is 36.4 Å². The second kappa shape index (κ2) is 11.5. The first-order chi connectivity index (χ1) is 15.5. The molecule has 0 saturated carbocycles. The van der Waals surface area contributed by atoms with Crippen LogP contribution in [0.5, 0.6) is 0 Å². The summed E-state index contributed by atoms with van der Waals surface area (Å²) >= 11 is 11.6. The third kappa shape index (κ3) is 7.12. The van der Waals surface area contributed by atoms with Crippen LogP contribution < -0.4 is 10.6 Å². The Morgan fingerprint density at radius 2 is 1.09 bits per heavy atom. The highest BCUT2D eigenvalue weighted by molar-refractivity contribution is 6.31. The SMILES string of the molecule is O=C(Nc1cccc(Cl)c1)c1cnccn1.O=C(Nc1cccc(Cl)c1)c1cnccn1. The van der Waals surface area contributed by atoms with Gasteiger partial charge >= 0.3 is 0 Å². The van der Waals surface area contributed by atoms with Crippen LogP contribution in [0.25, 0.3) is 0 Å². The summed E-state index contributed by atoms with van der Waals surface area (Å²) in [6.45, 7) is 0. The summed E-state index contributed by atoms with van der Waals surface area (Å²) in [6, 6.07) is 13.8. The third-order valence-electron chi connectivity index (χ3n) is 3.76. The van der Waals surface area contributed by atoms with Crippen LogP contribution in [0.4, 0.5) is 11.4 Å². The minimum absolute atomic E-state index is 0.266. The van der Waals surface area contributed by atoms with Crippen molar-refractivity contribution < 1.29 is 9.59 Å². The summed E-state index contributed by atoms with van der Waals surface area (Å²) < 4.78 is 0. The lowest BCUT2D eigenvalue weighted by molar-refractivity contribution is 0.101. The van der Waals surface area contributed by atoms with Crippen LogP contribution in [-0.4, -0.2) is 31.8 Å². The summed E-state index contributed by atoms with van der Waals surface area (Å²) in [5, 5.41) is 6.48. The number of amides is 2. The average Bonchev–Trinajstić information content (AvgIpc) is 2.81. The Morgan fingerprint density at radius 3 is 1.44 bits per heavy atom. The summed E-state index contributed by atoms with van der Waals surface area (Å²) in [5.41, 5.74) is 1.79. The Labute approximate surface area is 193 Å². The van der Waals surface area contributed by atoms with Crippen molar-refractivity contribution in [2.45, 2.75) is 0 Å². The number of rotatable bonds is 4. The van der Waals surface area contributed by atoms with Crippen molar-refractivity contribution in [3.8, 4) is 0 Å². The van der Waals surface area contributed by atoms with Crippen molar-refractivity contribution in [2.24, 2.45) is 0 Å². The molecule has 8 nitrogen and oxygen atoms in total. The zero-order valence-electron chi connectivity index (χ0n) is 16.4. The van der Waals surface area contributed by atoms with E-state index >= 15 is 0 Å². The first-order valence-electron chi connectivity index (χ1n) is 9.17. The van der Waals surface area contributed by atoms with Gasteiger partial charge in [-0.1, -0.05) is 35.3 Å². The number of halogens is 2. The normalized spacial score (nSPS) is 9.81. The lowest BCUT2D eigenvalue weighted by Gasteiger charge is -2.03. The van der Waals surface area contributed by atoms with E-state index in [0.717, 1.165) is 0 Å². The van der Waals surface area contributed by atoms with Gasteiger partial charge in [0.05, 0.1) is 12.4 Å². The van der Waals surface area contributed by atoms with E-state index in [-0.39, 0.29) is 23.2 Å². The fraction of sp³-hybridized carbons (Fsp3) is 0. The molecule has 10 heteroatoms. The van der Waals surface area contributed by atoms with Crippen LogP contribution in [0.3, 0.4) is 0 Å². The van der Waals surface area contributed by atoms with Crippen molar-refractivity contribution in [1.29, 1.82) is 0 Å². The molecule has 0 saturated heterocycles. The van der Waals surface area contributed by atoms with E-state index in [2.05, 4.69) is 30.6 Å². The maximum absolute atomic E-state index is 11.7. The van der Waals surface area contributed by atoms with Crippen LogP contribution in [0.15, 0.2) is 85.7 Å². The highest BCUT2D eigenvalue weighted by Gasteiger charge is 2.08. The number of nitrogens with one attached hydrogen (secondary N) is 2. The number of hydrogen-bond acceptors (Lipinski definition) is 6. The van der Waals surface area contributed by atoms with Gasteiger partial charge in [0.1, 0.15) is 11.4 Å². The van der Waals surface area contributed by atoms with Gasteiger partial charge in [0.25, 0.3) is 11.8 Å². The number of carbonyl (C=O) groups is 2. The molecule has 2 heterocycles. The summed E-state index contributed by atoms with van der Waals surface area (Å²) in [4.78, 5) is 38.7. The van der Waals surface area contributed by atoms with E-state index < -0.39 is 0 Å². The van der Waals surface area contributed by atoms with Crippen LogP contribution in [0, 0.1) is 0 Å². The summed E-state index contributed by atoms with van der Waals surface area (Å²) in [5.74, 6) is -0.620. The molecule has 160 valence electrons. The molecule has 32 heavy (non-hydrogen) atoms. The van der Waals surface area contributed by atoms with Crippen molar-refractivity contribution in [3.63, 3.8) is 0 Å². The first-order valence-corrected chi connectivity index (χ1v) is 9.93. The predicted molar refractivity (Wildman–Crippen MR) is 123 cm³/mol. The predicted octanol–water partition coefficient (Wildman–Crippen LogP) is 4.76. The standard InChI is InChI=1S/2C11H8ClN3O/c2*12-8-2-1-3-9(6-8)15-11(16)10-7-13-4-5-14-10/h2*1-7H,(H,15,16). The summed E-state index contributed by atoms with van der Waals surface area (Å²) in [6.07, 6.45) is 8.76. The monoisotopic (exact) mass is 466 g/mol. The Balaban J connectivity index is 0.000000181. The number of aromatic nitrogens is 4. The fourth-order valence-corrected chi connectivity index (χ4v) is 2.74. The van der Waals surface area contributed by atoms with Gasteiger partial charge in [-0.2, -0.15) is 0 Å². The van der Waals surface area contributed by atoms with E-state index in [4.69, 9.17) is 23.2 Å². The van der Waals surface area contributed by atoms with Crippen LogP contribution in [0.2, 0.25) is 10.0 Å². The molecule has 0 aliphatic rings. The number of nitrogens with zero attached hydrogens (tertiary/aromatic N) is 4. The van der Waals surface area contributed by atoms with Gasteiger partial charge in [0, 0.05) is 46.2 Å². The quantitative estimate of drug-likeness (QED) is 0.448. The second-order valence-electron chi connectivity index (χ2n) is 6.11. The number of carbonyl (C=O) groups excluding carboxylic acids is 2. The molecule has 2 aromatic carbocycles. The van der Waals surface area contributed by atoms with Crippen molar-refractivity contribution >= 4 is 46.4 Å². The molecule has 0 aliphatic heterocycles. The van der Waals surface area contributed by atoms with Crippen LogP contribution >= 0.6 is 23.2 Å². The molecule has 0 fully saturated rings. The average molecular weight is 467 g/mol. The van der Waals surface area contributed by atoms with Crippen molar-refractivity contribution in [2.75, 3.05) is 10.6 Å². The van der Waals surface area contributed by atoms with Gasteiger partial charge < -0.3 is 10.6 Å². The zero-order valence-corrected chi connectivity index (χ0v) is 18.0. The molecule has 0 atom stereocenters. The smallest absolute Gasteiger partial charge is 0.275 e. The fourth-order valence-electron chi connectivity index (χ4n) is 2.36. The molecule has 2 N–H and O–H groups in total. The molecule has 2 amide bonds. The van der Waals surface area contributed by atoms with Crippen molar-refractivity contribution in [1.82, 2.24) is 19.9 Å². The molecular weight excluding hydrogens is 451 g/mol. The molecule has 0 bridgehead atoms. The molecule has 4 rings (SSSR count). The minimum atomic E-state index is -0.310. The van der Waals surface area contributed by atoms with Gasteiger partial charge in [-0.25, -0.2) is 9.97 Å². The zero-order chi connectivity index (χ0) is 22.8. The van der Waals surface area contributed by atoms with Gasteiger partial charge in [0.15, 0.2) is 0 Å². The van der Waals surface area contributed by atoms with E-state index in [9.17, 15) is 9.59 Å². The maximum atomic E-state index is 11.7. The van der Waals surface area contributed by atoms with E-state index in [0.29, 0.717) is 21.4 Å². The Bertz CT molecular complexity index is 1100. The van der Waals surface area contributed by atoms with Crippen LogP contribution in [0.1, 0.15) is 21.0 Å². The number of anilines is 2. The Kier molecular flexibility index (Phi) is 8.19. The number of benzene rings is 2. The highest BCUT2D eigenvalue weighted by atomic mass is 35.5. The van der Waals surface area contributed by atoms with E-state index in [1.165, 1.54) is 37.2 Å². The van der Waals surface area contributed by atoms with Crippen molar-refractivity contribution in [3.05, 3.63) is 107 Å². The summed E-state index contributed by atoms with van der Waals surface area (Å²) in [7, 11) is 0.